The molecule has 1 aliphatic heterocycles. The van der Waals surface area contributed by atoms with Gasteiger partial charge in [0, 0.05) is 24.5 Å². The van der Waals surface area contributed by atoms with E-state index in [9.17, 15) is 18.0 Å². The number of sulfonamides is 1. The molecule has 9 nitrogen and oxygen atoms in total. The highest BCUT2D eigenvalue weighted by atomic mass is 32.2. The third-order valence-corrected chi connectivity index (χ3v) is 6.17. The molecule has 0 aromatic heterocycles. The predicted molar refractivity (Wildman–Crippen MR) is 115 cm³/mol. The minimum Gasteiger partial charge on any atom is -0.454 e. The van der Waals surface area contributed by atoms with Gasteiger partial charge in [0.15, 0.2) is 6.61 Å². The first kappa shape index (κ1) is 22.7. The van der Waals surface area contributed by atoms with E-state index in [1.807, 2.05) is 12.1 Å². The zero-order chi connectivity index (χ0) is 22.3. The van der Waals surface area contributed by atoms with Crippen molar-refractivity contribution >= 4 is 33.3 Å². The number of ether oxygens (including phenoxy) is 2. The molecule has 10 heteroatoms. The molecule has 0 radical (unpaired) electrons. The number of amides is 1. The lowest BCUT2D eigenvalue weighted by molar-refractivity contribution is -0.148. The maximum absolute atomic E-state index is 12.3. The molecular formula is C21H25N3O6S. The zero-order valence-electron chi connectivity index (χ0n) is 17.1. The van der Waals surface area contributed by atoms with Gasteiger partial charge < -0.3 is 19.7 Å². The standard InChI is InChI=1S/C21H25N3O6S/c1-16(23-31(27,28)19-5-3-2-4-6-19)21(26)30-15-20(25)22-17-7-9-18(10-8-17)24-11-13-29-14-12-24/h2-10,16,23H,11-15H2,1H3,(H,22,25). The molecule has 1 fully saturated rings. The Morgan fingerprint density at radius 3 is 2.35 bits per heavy atom. The summed E-state index contributed by atoms with van der Waals surface area (Å²) in [6.45, 7) is 3.82. The Kier molecular flexibility index (Phi) is 7.61. The molecular weight excluding hydrogens is 422 g/mol. The largest absolute Gasteiger partial charge is 0.454 e. The van der Waals surface area contributed by atoms with Gasteiger partial charge in [-0.25, -0.2) is 8.42 Å². The lowest BCUT2D eigenvalue weighted by atomic mass is 10.2. The average Bonchev–Trinajstić information content (AvgIpc) is 2.79. The maximum atomic E-state index is 12.3. The summed E-state index contributed by atoms with van der Waals surface area (Å²) in [4.78, 5) is 26.4. The molecule has 3 rings (SSSR count). The first-order valence-corrected chi connectivity index (χ1v) is 11.3. The van der Waals surface area contributed by atoms with Crippen LogP contribution < -0.4 is 14.9 Å². The van der Waals surface area contributed by atoms with E-state index in [1.165, 1.54) is 19.1 Å². The lowest BCUT2D eigenvalue weighted by Gasteiger charge is -2.28. The first-order valence-electron chi connectivity index (χ1n) is 9.82. The Labute approximate surface area is 181 Å². The highest BCUT2D eigenvalue weighted by molar-refractivity contribution is 7.89. The van der Waals surface area contributed by atoms with Crippen molar-refractivity contribution in [3.63, 3.8) is 0 Å². The molecule has 2 aromatic rings. The molecule has 1 unspecified atom stereocenters. The van der Waals surface area contributed by atoms with E-state index in [0.29, 0.717) is 18.9 Å². The third kappa shape index (κ3) is 6.51. The van der Waals surface area contributed by atoms with Gasteiger partial charge in [0.2, 0.25) is 10.0 Å². The van der Waals surface area contributed by atoms with Gasteiger partial charge in [0.1, 0.15) is 6.04 Å². The predicted octanol–water partition coefficient (Wildman–Crippen LogP) is 1.37. The van der Waals surface area contributed by atoms with Crippen LogP contribution in [0.3, 0.4) is 0 Å². The maximum Gasteiger partial charge on any atom is 0.324 e. The second-order valence-corrected chi connectivity index (χ2v) is 8.67. The number of nitrogens with one attached hydrogen (secondary N) is 2. The van der Waals surface area contributed by atoms with Gasteiger partial charge in [0.25, 0.3) is 5.91 Å². The number of nitrogens with zero attached hydrogens (tertiary/aromatic N) is 1. The number of morpholine rings is 1. The van der Waals surface area contributed by atoms with E-state index in [1.54, 1.807) is 30.3 Å². The van der Waals surface area contributed by atoms with E-state index in [0.717, 1.165) is 18.8 Å². The fourth-order valence-corrected chi connectivity index (χ4v) is 4.20. The summed E-state index contributed by atoms with van der Waals surface area (Å²) in [5.41, 5.74) is 1.60. The molecule has 166 valence electrons. The molecule has 0 saturated carbocycles. The molecule has 1 amide bonds. The molecule has 0 bridgehead atoms. The first-order chi connectivity index (χ1) is 14.8. The van der Waals surface area contributed by atoms with Crippen LogP contribution in [0.25, 0.3) is 0 Å². The van der Waals surface area contributed by atoms with Crippen molar-refractivity contribution < 1.29 is 27.5 Å². The number of hydrogen-bond donors (Lipinski definition) is 2. The molecule has 0 aliphatic carbocycles. The second kappa shape index (κ2) is 10.4. The van der Waals surface area contributed by atoms with E-state index in [4.69, 9.17) is 9.47 Å². The Morgan fingerprint density at radius 1 is 1.06 bits per heavy atom. The highest BCUT2D eigenvalue weighted by Gasteiger charge is 2.23. The molecule has 2 aromatic carbocycles. The van der Waals surface area contributed by atoms with Crippen LogP contribution in [0.5, 0.6) is 0 Å². The smallest absolute Gasteiger partial charge is 0.324 e. The highest BCUT2D eigenvalue weighted by Crippen LogP contribution is 2.19. The number of rotatable bonds is 8. The molecule has 1 saturated heterocycles. The molecule has 1 atom stereocenters. The van der Waals surface area contributed by atoms with E-state index in [2.05, 4.69) is 14.9 Å². The normalized spacial score (nSPS) is 15.2. The lowest BCUT2D eigenvalue weighted by Crippen LogP contribution is -2.40. The van der Waals surface area contributed by atoms with Crippen molar-refractivity contribution in [1.82, 2.24) is 4.72 Å². The fourth-order valence-electron chi connectivity index (χ4n) is 2.98. The Hall–Kier alpha value is -2.95. The van der Waals surface area contributed by atoms with Crippen LogP contribution in [-0.2, 0) is 29.1 Å². The number of benzene rings is 2. The van der Waals surface area contributed by atoms with Gasteiger partial charge in [-0.15, -0.1) is 0 Å². The van der Waals surface area contributed by atoms with Gasteiger partial charge in [-0.2, -0.15) is 4.72 Å². The van der Waals surface area contributed by atoms with E-state index < -0.39 is 34.5 Å². The number of anilines is 2. The van der Waals surface area contributed by atoms with Crippen LogP contribution in [0.15, 0.2) is 59.5 Å². The minimum atomic E-state index is -3.87. The van der Waals surface area contributed by atoms with Crippen LogP contribution in [0.2, 0.25) is 0 Å². The topological polar surface area (TPSA) is 114 Å². The summed E-state index contributed by atoms with van der Waals surface area (Å²) in [5, 5.41) is 2.64. The number of carbonyl (C=O) groups is 2. The van der Waals surface area contributed by atoms with Gasteiger partial charge in [-0.3, -0.25) is 9.59 Å². The van der Waals surface area contributed by atoms with Crippen LogP contribution in [-0.4, -0.2) is 59.2 Å². The van der Waals surface area contributed by atoms with Gasteiger partial charge >= 0.3 is 5.97 Å². The minimum absolute atomic E-state index is 0.0351. The van der Waals surface area contributed by atoms with Crippen LogP contribution in [0.4, 0.5) is 11.4 Å². The van der Waals surface area contributed by atoms with E-state index >= 15 is 0 Å². The summed E-state index contributed by atoms with van der Waals surface area (Å²) >= 11 is 0. The third-order valence-electron chi connectivity index (χ3n) is 4.61. The Bertz CT molecular complexity index is 990. The van der Waals surface area contributed by atoms with E-state index in [-0.39, 0.29) is 4.90 Å². The van der Waals surface area contributed by atoms with Crippen LogP contribution in [0, 0.1) is 0 Å². The van der Waals surface area contributed by atoms with Gasteiger partial charge in [-0.05, 0) is 43.3 Å². The fraction of sp³-hybridized carbons (Fsp3) is 0.333. The average molecular weight is 448 g/mol. The van der Waals surface area contributed by atoms with Crippen LogP contribution in [0.1, 0.15) is 6.92 Å². The Morgan fingerprint density at radius 2 is 1.71 bits per heavy atom. The monoisotopic (exact) mass is 447 g/mol. The molecule has 1 aliphatic rings. The van der Waals surface area contributed by atoms with Gasteiger partial charge in [0.05, 0.1) is 18.1 Å². The summed E-state index contributed by atoms with van der Waals surface area (Å²) in [6, 6.07) is 13.8. The number of hydrogen-bond acceptors (Lipinski definition) is 7. The summed E-state index contributed by atoms with van der Waals surface area (Å²) in [6.07, 6.45) is 0. The summed E-state index contributed by atoms with van der Waals surface area (Å²) in [7, 11) is -3.87. The number of carbonyl (C=O) groups excluding carboxylic acids is 2. The summed E-state index contributed by atoms with van der Waals surface area (Å²) < 4.78 is 37.0. The van der Waals surface area contributed by atoms with Crippen molar-refractivity contribution in [3.05, 3.63) is 54.6 Å². The van der Waals surface area contributed by atoms with Crippen molar-refractivity contribution in [2.75, 3.05) is 43.1 Å². The molecule has 0 spiro atoms. The van der Waals surface area contributed by atoms with Gasteiger partial charge in [-0.1, -0.05) is 18.2 Å². The number of esters is 1. The quantitative estimate of drug-likeness (QED) is 0.588. The Balaban J connectivity index is 1.46. The van der Waals surface area contributed by atoms with Crippen molar-refractivity contribution in [2.24, 2.45) is 0 Å². The van der Waals surface area contributed by atoms with Crippen molar-refractivity contribution in [2.45, 2.75) is 17.9 Å². The zero-order valence-corrected chi connectivity index (χ0v) is 17.9. The van der Waals surface area contributed by atoms with Crippen molar-refractivity contribution in [3.8, 4) is 0 Å². The second-order valence-electron chi connectivity index (χ2n) is 6.96. The SMILES string of the molecule is CC(NS(=O)(=O)c1ccccc1)C(=O)OCC(=O)Nc1ccc(N2CCOCC2)cc1. The summed E-state index contributed by atoms with van der Waals surface area (Å²) in [5.74, 6) is -1.37. The molecule has 2 N–H and O–H groups in total. The van der Waals surface area contributed by atoms with Crippen molar-refractivity contribution in [1.29, 1.82) is 0 Å². The molecule has 1 heterocycles. The van der Waals surface area contributed by atoms with Crippen LogP contribution >= 0.6 is 0 Å². The molecule has 31 heavy (non-hydrogen) atoms.